The summed E-state index contributed by atoms with van der Waals surface area (Å²) in [6, 6.07) is 11.6. The van der Waals surface area contributed by atoms with Gasteiger partial charge in [-0.05, 0) is 50.0 Å². The van der Waals surface area contributed by atoms with Crippen LogP contribution in [0.25, 0.3) is 16.7 Å². The summed E-state index contributed by atoms with van der Waals surface area (Å²) in [5.74, 6) is 0.370. The molecule has 0 radical (unpaired) electrons. The SMILES string of the molecule is CC.O=c1cc(NC2=CCCC=C2)n(-c2ccccc2)c2nc(CNC3CCCCC3)cc(C(F)(F)F)c12. The molecule has 5 rings (SSSR count). The fourth-order valence-electron chi connectivity index (χ4n) is 5.02. The number of allylic oxidation sites excluding steroid dienone is 3. The van der Waals surface area contributed by atoms with Crippen molar-refractivity contribution in [2.45, 2.75) is 77.6 Å². The van der Waals surface area contributed by atoms with E-state index < -0.39 is 22.6 Å². The number of hydrogen-bond acceptors (Lipinski definition) is 4. The van der Waals surface area contributed by atoms with Crippen LogP contribution in [0.4, 0.5) is 19.0 Å². The van der Waals surface area contributed by atoms with Crippen molar-refractivity contribution in [3.8, 4) is 5.69 Å². The van der Waals surface area contributed by atoms with E-state index in [-0.39, 0.29) is 23.9 Å². The van der Waals surface area contributed by atoms with Gasteiger partial charge < -0.3 is 10.6 Å². The monoisotopic (exact) mass is 524 g/mol. The molecule has 0 aliphatic heterocycles. The molecule has 0 unspecified atom stereocenters. The van der Waals surface area contributed by atoms with E-state index in [1.165, 1.54) is 12.5 Å². The lowest BCUT2D eigenvalue weighted by Crippen LogP contribution is -2.31. The summed E-state index contributed by atoms with van der Waals surface area (Å²) in [6.07, 6.45) is 8.42. The van der Waals surface area contributed by atoms with Crippen LogP contribution >= 0.6 is 0 Å². The van der Waals surface area contributed by atoms with E-state index in [1.807, 2.05) is 50.3 Å². The van der Waals surface area contributed by atoms with Crippen LogP contribution in [0.15, 0.2) is 71.2 Å². The lowest BCUT2D eigenvalue weighted by molar-refractivity contribution is -0.136. The summed E-state index contributed by atoms with van der Waals surface area (Å²) in [7, 11) is 0. The molecule has 2 N–H and O–H groups in total. The zero-order chi connectivity index (χ0) is 27.1. The summed E-state index contributed by atoms with van der Waals surface area (Å²) >= 11 is 0. The van der Waals surface area contributed by atoms with Gasteiger partial charge in [-0.25, -0.2) is 4.98 Å². The van der Waals surface area contributed by atoms with Crippen molar-refractivity contribution in [3.63, 3.8) is 0 Å². The van der Waals surface area contributed by atoms with Gasteiger partial charge in [0.2, 0.25) is 0 Å². The Morgan fingerprint density at radius 3 is 2.42 bits per heavy atom. The zero-order valence-corrected chi connectivity index (χ0v) is 21.9. The van der Waals surface area contributed by atoms with Gasteiger partial charge in [-0.2, -0.15) is 13.2 Å². The molecule has 0 spiro atoms. The third-order valence-electron chi connectivity index (χ3n) is 6.78. The summed E-state index contributed by atoms with van der Waals surface area (Å²) in [5.41, 5.74) is -0.0119. The second-order valence-corrected chi connectivity index (χ2v) is 9.40. The Morgan fingerprint density at radius 1 is 1.03 bits per heavy atom. The topological polar surface area (TPSA) is 59.0 Å². The van der Waals surface area contributed by atoms with Crippen molar-refractivity contribution in [3.05, 3.63) is 87.9 Å². The first-order valence-corrected chi connectivity index (χ1v) is 13.5. The Kier molecular flexibility index (Phi) is 9.05. The van der Waals surface area contributed by atoms with Gasteiger partial charge in [0.1, 0.15) is 5.82 Å². The molecule has 2 aliphatic carbocycles. The quantitative estimate of drug-likeness (QED) is 0.351. The molecule has 5 nitrogen and oxygen atoms in total. The van der Waals surface area contributed by atoms with Crippen molar-refractivity contribution in [1.82, 2.24) is 14.9 Å². The number of benzene rings is 1. The van der Waals surface area contributed by atoms with E-state index in [0.29, 0.717) is 11.5 Å². The van der Waals surface area contributed by atoms with E-state index in [9.17, 15) is 18.0 Å². The Morgan fingerprint density at radius 2 is 1.76 bits per heavy atom. The number of anilines is 1. The van der Waals surface area contributed by atoms with Gasteiger partial charge in [0.25, 0.3) is 0 Å². The van der Waals surface area contributed by atoms with Crippen molar-refractivity contribution in [1.29, 1.82) is 0 Å². The van der Waals surface area contributed by atoms with Crippen molar-refractivity contribution >= 4 is 16.9 Å². The fraction of sp³-hybridized carbons (Fsp3) is 0.400. The lowest BCUT2D eigenvalue weighted by Gasteiger charge is -2.24. The van der Waals surface area contributed by atoms with Crippen molar-refractivity contribution < 1.29 is 13.2 Å². The number of aromatic nitrogens is 2. The molecular formula is C30H35F3N4O. The summed E-state index contributed by atoms with van der Waals surface area (Å²) in [5, 5.41) is 6.20. The fourth-order valence-corrected chi connectivity index (χ4v) is 5.02. The second-order valence-electron chi connectivity index (χ2n) is 9.40. The molecule has 2 aliphatic rings. The summed E-state index contributed by atoms with van der Waals surface area (Å²) in [4.78, 5) is 17.8. The van der Waals surface area contributed by atoms with Crippen LogP contribution in [0.5, 0.6) is 0 Å². The van der Waals surface area contributed by atoms with Crippen molar-refractivity contribution in [2.24, 2.45) is 0 Å². The van der Waals surface area contributed by atoms with E-state index in [2.05, 4.69) is 15.6 Å². The Labute approximate surface area is 221 Å². The normalized spacial score (nSPS) is 16.1. The van der Waals surface area contributed by atoms with Gasteiger partial charge >= 0.3 is 6.18 Å². The molecule has 2 aromatic heterocycles. The number of para-hydroxylation sites is 1. The van der Waals surface area contributed by atoms with Crippen molar-refractivity contribution in [2.75, 3.05) is 5.32 Å². The lowest BCUT2D eigenvalue weighted by atomic mass is 9.95. The van der Waals surface area contributed by atoms with Crippen LogP contribution in [0, 0.1) is 0 Å². The number of nitrogens with zero attached hydrogens (tertiary/aromatic N) is 2. The zero-order valence-electron chi connectivity index (χ0n) is 21.9. The maximum absolute atomic E-state index is 14.2. The first-order chi connectivity index (χ1) is 18.4. The molecule has 1 saturated carbocycles. The average molecular weight is 525 g/mol. The van der Waals surface area contributed by atoms with Gasteiger partial charge in [-0.15, -0.1) is 0 Å². The molecule has 1 fully saturated rings. The number of fused-ring (bicyclic) bond motifs is 1. The third kappa shape index (κ3) is 6.35. The second kappa shape index (κ2) is 12.4. The molecule has 202 valence electrons. The number of nitrogens with one attached hydrogen (secondary N) is 2. The first-order valence-electron chi connectivity index (χ1n) is 13.5. The Hall–Kier alpha value is -3.39. The van der Waals surface area contributed by atoms with Crippen LogP contribution in [0.2, 0.25) is 0 Å². The molecule has 8 heteroatoms. The van der Waals surface area contributed by atoms with E-state index in [1.54, 1.807) is 16.7 Å². The molecule has 1 aromatic carbocycles. The minimum absolute atomic E-state index is 0.00754. The van der Waals surface area contributed by atoms with Gasteiger partial charge in [-0.3, -0.25) is 9.36 Å². The molecule has 2 heterocycles. The molecule has 0 bridgehead atoms. The van der Waals surface area contributed by atoms with Crippen LogP contribution < -0.4 is 16.1 Å². The van der Waals surface area contributed by atoms with Gasteiger partial charge in [0.05, 0.1) is 16.6 Å². The van der Waals surface area contributed by atoms with Crippen LogP contribution in [0.3, 0.4) is 0 Å². The Balaban J connectivity index is 0.00000164. The number of hydrogen-bond donors (Lipinski definition) is 2. The molecule has 38 heavy (non-hydrogen) atoms. The number of rotatable bonds is 6. The van der Waals surface area contributed by atoms with Crippen LogP contribution in [0.1, 0.15) is 70.1 Å². The third-order valence-corrected chi connectivity index (χ3v) is 6.78. The highest BCUT2D eigenvalue weighted by Crippen LogP contribution is 2.35. The molecule has 3 aromatic rings. The summed E-state index contributed by atoms with van der Waals surface area (Å²) in [6.45, 7) is 4.21. The molecular weight excluding hydrogens is 489 g/mol. The first kappa shape index (κ1) is 27.6. The summed E-state index contributed by atoms with van der Waals surface area (Å²) < 4.78 is 44.4. The van der Waals surface area contributed by atoms with Crippen LogP contribution in [-0.4, -0.2) is 15.6 Å². The van der Waals surface area contributed by atoms with Crippen LogP contribution in [-0.2, 0) is 12.7 Å². The van der Waals surface area contributed by atoms with E-state index in [4.69, 9.17) is 0 Å². The molecule has 0 atom stereocenters. The Bertz CT molecular complexity index is 1350. The molecule has 0 saturated heterocycles. The van der Waals surface area contributed by atoms with E-state index >= 15 is 0 Å². The molecule has 0 amide bonds. The van der Waals surface area contributed by atoms with Gasteiger partial charge in [-0.1, -0.05) is 63.5 Å². The van der Waals surface area contributed by atoms with Gasteiger partial charge in [0, 0.05) is 30.0 Å². The van der Waals surface area contributed by atoms with Gasteiger partial charge in [0.15, 0.2) is 11.1 Å². The maximum atomic E-state index is 14.2. The highest BCUT2D eigenvalue weighted by Gasteiger charge is 2.35. The number of halogens is 3. The highest BCUT2D eigenvalue weighted by atomic mass is 19.4. The smallest absolute Gasteiger partial charge is 0.341 e. The minimum atomic E-state index is -4.70. The van der Waals surface area contributed by atoms with E-state index in [0.717, 1.165) is 50.3 Å². The number of alkyl halides is 3. The maximum Gasteiger partial charge on any atom is 0.417 e. The highest BCUT2D eigenvalue weighted by molar-refractivity contribution is 5.84. The largest absolute Gasteiger partial charge is 0.417 e. The average Bonchev–Trinajstić information content (AvgIpc) is 2.94. The predicted octanol–water partition coefficient (Wildman–Crippen LogP) is 7.50. The number of pyridine rings is 2. The standard InChI is InChI=1S/C28H29F3N4O.C2H6/c29-28(30,31)23-16-21(18-32-19-10-4-1-5-11-19)34-27-26(23)24(36)17-25(33-20-12-6-2-7-13-20)35(27)22-14-8-3-9-15-22;1-2/h3,6,8-9,12-17,19,32-33H,1-2,4-5,7,10-11,18H2;1-2H3. The predicted molar refractivity (Wildman–Crippen MR) is 147 cm³/mol. The minimum Gasteiger partial charge on any atom is -0.341 e.